The van der Waals surface area contributed by atoms with E-state index in [4.69, 9.17) is 0 Å². The molecule has 3 aromatic rings. The summed E-state index contributed by atoms with van der Waals surface area (Å²) >= 11 is 3.00. The van der Waals surface area contributed by atoms with Gasteiger partial charge in [-0.05, 0) is 49.8 Å². The average molecular weight is 397 g/mol. The highest BCUT2D eigenvalue weighted by molar-refractivity contribution is 8.00. The fourth-order valence-corrected chi connectivity index (χ4v) is 5.57. The molecule has 1 amide bonds. The van der Waals surface area contributed by atoms with Gasteiger partial charge in [0.1, 0.15) is 11.1 Å². The number of para-hydroxylation sites is 2. The SMILES string of the molecule is CCC(Sc1nc2ccccc2[nH]1)C(=O)Nc1sc2c(c1C#N)CCCC2. The molecule has 1 aliphatic carbocycles. The molecule has 27 heavy (non-hydrogen) atoms. The second-order valence-electron chi connectivity index (χ2n) is 6.59. The maximum Gasteiger partial charge on any atom is 0.238 e. The van der Waals surface area contributed by atoms with E-state index in [1.807, 2.05) is 31.2 Å². The van der Waals surface area contributed by atoms with Crippen LogP contribution in [0, 0.1) is 11.3 Å². The molecule has 0 saturated carbocycles. The molecule has 2 N–H and O–H groups in total. The van der Waals surface area contributed by atoms with Gasteiger partial charge in [0.25, 0.3) is 0 Å². The molecule has 1 aromatic carbocycles. The standard InChI is InChI=1S/C20H20N4OS2/c1-2-16(27-20-22-14-8-4-5-9-15(14)23-20)18(25)24-19-13(11-21)12-7-3-6-10-17(12)26-19/h4-5,8-9,16H,2-3,6-7,10H2,1H3,(H,22,23)(H,24,25). The van der Waals surface area contributed by atoms with Gasteiger partial charge in [0.2, 0.25) is 5.91 Å². The van der Waals surface area contributed by atoms with Crippen LogP contribution in [-0.4, -0.2) is 21.1 Å². The molecule has 0 fully saturated rings. The maximum absolute atomic E-state index is 12.9. The van der Waals surface area contributed by atoms with Crippen molar-refractivity contribution >= 4 is 45.0 Å². The van der Waals surface area contributed by atoms with Crippen molar-refractivity contribution in [3.8, 4) is 6.07 Å². The number of H-pyrrole nitrogens is 1. The molecule has 0 spiro atoms. The molecule has 5 nitrogen and oxygen atoms in total. The molecule has 0 aliphatic heterocycles. The Morgan fingerprint density at radius 1 is 1.41 bits per heavy atom. The number of carbonyl (C=O) groups excluding carboxylic acids is 1. The van der Waals surface area contributed by atoms with E-state index in [1.54, 1.807) is 11.3 Å². The van der Waals surface area contributed by atoms with E-state index < -0.39 is 0 Å². The van der Waals surface area contributed by atoms with Gasteiger partial charge in [-0.2, -0.15) is 5.26 Å². The zero-order valence-electron chi connectivity index (χ0n) is 15.0. The minimum Gasteiger partial charge on any atom is -0.333 e. The number of amides is 1. The van der Waals surface area contributed by atoms with Crippen LogP contribution in [-0.2, 0) is 17.6 Å². The van der Waals surface area contributed by atoms with Crippen LogP contribution in [0.4, 0.5) is 5.00 Å². The van der Waals surface area contributed by atoms with Crippen LogP contribution in [0.5, 0.6) is 0 Å². The van der Waals surface area contributed by atoms with E-state index >= 15 is 0 Å². The zero-order chi connectivity index (χ0) is 18.8. The number of imidazole rings is 1. The summed E-state index contributed by atoms with van der Waals surface area (Å²) < 4.78 is 0. The lowest BCUT2D eigenvalue weighted by Gasteiger charge is -2.12. The molecule has 2 aromatic heterocycles. The summed E-state index contributed by atoms with van der Waals surface area (Å²) in [5, 5.41) is 13.8. The Morgan fingerprint density at radius 2 is 2.22 bits per heavy atom. The number of fused-ring (bicyclic) bond motifs is 2. The predicted octanol–water partition coefficient (Wildman–Crippen LogP) is 4.88. The van der Waals surface area contributed by atoms with Crippen molar-refractivity contribution in [2.24, 2.45) is 0 Å². The molecule has 1 aliphatic rings. The number of aromatic nitrogens is 2. The van der Waals surface area contributed by atoms with E-state index in [9.17, 15) is 10.1 Å². The molecule has 0 saturated heterocycles. The molecule has 4 rings (SSSR count). The number of hydrogen-bond acceptors (Lipinski definition) is 5. The molecule has 1 atom stereocenters. The molecule has 138 valence electrons. The Kier molecular flexibility index (Phi) is 5.19. The van der Waals surface area contributed by atoms with Crippen LogP contribution in [0.3, 0.4) is 0 Å². The summed E-state index contributed by atoms with van der Waals surface area (Å²) in [4.78, 5) is 21.9. The molecule has 1 unspecified atom stereocenters. The Hall–Kier alpha value is -2.30. The number of thiophene rings is 1. The number of rotatable bonds is 5. The van der Waals surface area contributed by atoms with Crippen LogP contribution < -0.4 is 5.32 Å². The van der Waals surface area contributed by atoms with Gasteiger partial charge in [-0.15, -0.1) is 11.3 Å². The average Bonchev–Trinajstić information content (AvgIpc) is 3.25. The first-order chi connectivity index (χ1) is 13.2. The van der Waals surface area contributed by atoms with E-state index in [0.29, 0.717) is 17.0 Å². The highest BCUT2D eigenvalue weighted by Gasteiger charge is 2.25. The van der Waals surface area contributed by atoms with E-state index in [1.165, 1.54) is 16.6 Å². The minimum atomic E-state index is -0.267. The fraction of sp³-hybridized carbons (Fsp3) is 0.350. The number of nitriles is 1. The minimum absolute atomic E-state index is 0.0712. The van der Waals surface area contributed by atoms with Gasteiger partial charge in [0, 0.05) is 4.88 Å². The first kappa shape index (κ1) is 18.1. The second-order valence-corrected chi connectivity index (χ2v) is 8.89. The lowest BCUT2D eigenvalue weighted by Crippen LogP contribution is -2.24. The number of nitrogens with zero attached hydrogens (tertiary/aromatic N) is 2. The predicted molar refractivity (Wildman–Crippen MR) is 110 cm³/mol. The number of hydrogen-bond donors (Lipinski definition) is 2. The largest absolute Gasteiger partial charge is 0.333 e. The Labute approximate surface area is 166 Å². The Bertz CT molecular complexity index is 997. The van der Waals surface area contributed by atoms with Crippen LogP contribution in [0.25, 0.3) is 11.0 Å². The third kappa shape index (κ3) is 3.60. The van der Waals surface area contributed by atoms with Crippen molar-refractivity contribution in [1.82, 2.24) is 9.97 Å². The molecule has 0 bridgehead atoms. The van der Waals surface area contributed by atoms with Crippen molar-refractivity contribution in [3.05, 3.63) is 40.3 Å². The van der Waals surface area contributed by atoms with Crippen molar-refractivity contribution in [2.45, 2.75) is 49.4 Å². The first-order valence-electron chi connectivity index (χ1n) is 9.16. The molecular weight excluding hydrogens is 376 g/mol. The monoisotopic (exact) mass is 396 g/mol. The van der Waals surface area contributed by atoms with Crippen LogP contribution in [0.1, 0.15) is 42.2 Å². The first-order valence-corrected chi connectivity index (χ1v) is 10.9. The summed E-state index contributed by atoms with van der Waals surface area (Å²) in [5.74, 6) is -0.0712. The quantitative estimate of drug-likeness (QED) is 0.602. The van der Waals surface area contributed by atoms with Crippen molar-refractivity contribution in [2.75, 3.05) is 5.32 Å². The molecule has 2 heterocycles. The van der Waals surface area contributed by atoms with Crippen LogP contribution in [0.2, 0.25) is 0 Å². The van der Waals surface area contributed by atoms with Crippen molar-refractivity contribution < 1.29 is 4.79 Å². The number of benzene rings is 1. The number of anilines is 1. The van der Waals surface area contributed by atoms with Crippen LogP contribution >= 0.6 is 23.1 Å². The maximum atomic E-state index is 12.9. The number of nitrogens with one attached hydrogen (secondary N) is 2. The fourth-order valence-electron chi connectivity index (χ4n) is 3.41. The van der Waals surface area contributed by atoms with E-state index in [2.05, 4.69) is 21.4 Å². The molecule has 7 heteroatoms. The highest BCUT2D eigenvalue weighted by atomic mass is 32.2. The van der Waals surface area contributed by atoms with Gasteiger partial charge in [0.05, 0.1) is 21.8 Å². The van der Waals surface area contributed by atoms with E-state index in [-0.39, 0.29) is 11.2 Å². The Balaban J connectivity index is 1.52. The smallest absolute Gasteiger partial charge is 0.238 e. The third-order valence-electron chi connectivity index (χ3n) is 4.80. The summed E-state index contributed by atoms with van der Waals surface area (Å²) in [6.07, 6.45) is 4.90. The van der Waals surface area contributed by atoms with Gasteiger partial charge in [-0.3, -0.25) is 4.79 Å². The zero-order valence-corrected chi connectivity index (χ0v) is 16.7. The summed E-state index contributed by atoms with van der Waals surface area (Å²) in [6.45, 7) is 1.99. The summed E-state index contributed by atoms with van der Waals surface area (Å²) in [6, 6.07) is 10.1. The number of carbonyl (C=O) groups is 1. The summed E-state index contributed by atoms with van der Waals surface area (Å²) in [7, 11) is 0. The van der Waals surface area contributed by atoms with Crippen LogP contribution in [0.15, 0.2) is 29.4 Å². The number of aryl methyl sites for hydroxylation is 1. The highest BCUT2D eigenvalue weighted by Crippen LogP contribution is 2.38. The topological polar surface area (TPSA) is 81.6 Å². The lowest BCUT2D eigenvalue weighted by molar-refractivity contribution is -0.115. The van der Waals surface area contributed by atoms with Crippen molar-refractivity contribution in [1.29, 1.82) is 5.26 Å². The summed E-state index contributed by atoms with van der Waals surface area (Å²) in [5.41, 5.74) is 3.66. The van der Waals surface area contributed by atoms with E-state index in [0.717, 1.165) is 47.4 Å². The van der Waals surface area contributed by atoms with Gasteiger partial charge in [0.15, 0.2) is 5.16 Å². The van der Waals surface area contributed by atoms with Gasteiger partial charge >= 0.3 is 0 Å². The Morgan fingerprint density at radius 3 is 3.00 bits per heavy atom. The van der Waals surface area contributed by atoms with Crippen molar-refractivity contribution in [3.63, 3.8) is 0 Å². The number of thioether (sulfide) groups is 1. The molecular formula is C20H20N4OS2. The molecule has 0 radical (unpaired) electrons. The second kappa shape index (κ2) is 7.75. The number of aromatic amines is 1. The third-order valence-corrected chi connectivity index (χ3v) is 7.26. The lowest BCUT2D eigenvalue weighted by atomic mass is 9.96. The normalized spacial score (nSPS) is 14.5. The van der Waals surface area contributed by atoms with Gasteiger partial charge < -0.3 is 10.3 Å². The van der Waals surface area contributed by atoms with Gasteiger partial charge in [-0.1, -0.05) is 30.8 Å². The van der Waals surface area contributed by atoms with Gasteiger partial charge in [-0.25, -0.2) is 4.98 Å².